The number of likely N-dealkylation sites (N-methyl/N-ethyl adjacent to an activating group) is 1. The largest absolute Gasteiger partial charge is 0.496 e. The average molecular weight is 391 g/mol. The molecular weight excluding hydrogens is 356 g/mol. The molecule has 0 saturated heterocycles. The van der Waals surface area contributed by atoms with Gasteiger partial charge in [-0.15, -0.1) is 0 Å². The summed E-state index contributed by atoms with van der Waals surface area (Å²) in [7, 11) is 1.73. The number of allylic oxidation sites excluding steroid dienone is 1. The van der Waals surface area contributed by atoms with Crippen LogP contribution in [0.2, 0.25) is 0 Å². The number of benzene rings is 2. The summed E-state index contributed by atoms with van der Waals surface area (Å²) in [5.74, 6) is 1.43. The third-order valence-corrected chi connectivity index (χ3v) is 6.07. The molecule has 2 aromatic rings. The van der Waals surface area contributed by atoms with Gasteiger partial charge in [0.1, 0.15) is 5.75 Å². The van der Waals surface area contributed by atoms with Gasteiger partial charge < -0.3 is 9.64 Å². The van der Waals surface area contributed by atoms with E-state index in [2.05, 4.69) is 88.9 Å². The summed E-state index contributed by atoms with van der Waals surface area (Å²) >= 11 is 0. The first-order valence-corrected chi connectivity index (χ1v) is 10.6. The van der Waals surface area contributed by atoms with Crippen LogP contribution in [0.15, 0.2) is 47.5 Å². The second-order valence-corrected chi connectivity index (χ2v) is 8.50. The minimum atomic E-state index is -0.0101. The summed E-state index contributed by atoms with van der Waals surface area (Å²) in [6.45, 7) is 14.3. The Bertz CT molecular complexity index is 922. The van der Waals surface area contributed by atoms with E-state index in [9.17, 15) is 0 Å². The van der Waals surface area contributed by atoms with E-state index in [1.807, 2.05) is 6.21 Å². The van der Waals surface area contributed by atoms with Crippen LogP contribution in [0.25, 0.3) is 5.57 Å². The Morgan fingerprint density at radius 2 is 1.83 bits per heavy atom. The zero-order valence-corrected chi connectivity index (χ0v) is 18.9. The van der Waals surface area contributed by atoms with Crippen LogP contribution in [0.1, 0.15) is 70.6 Å². The number of nitrogens with zero attached hydrogens (tertiary/aromatic N) is 2. The number of aliphatic imine (C=N–C) groups is 1. The number of hydrogen-bond acceptors (Lipinski definition) is 3. The molecular formula is C26H34N2O. The Morgan fingerprint density at radius 1 is 1.14 bits per heavy atom. The van der Waals surface area contributed by atoms with Gasteiger partial charge >= 0.3 is 0 Å². The maximum atomic E-state index is 5.72. The molecule has 0 aliphatic carbocycles. The fourth-order valence-electron chi connectivity index (χ4n) is 4.25. The summed E-state index contributed by atoms with van der Waals surface area (Å²) in [4.78, 5) is 7.14. The molecule has 1 atom stereocenters. The third kappa shape index (κ3) is 4.24. The molecule has 0 fully saturated rings. The van der Waals surface area contributed by atoms with Crippen molar-refractivity contribution in [1.29, 1.82) is 0 Å². The van der Waals surface area contributed by atoms with Crippen molar-refractivity contribution in [2.75, 3.05) is 18.6 Å². The van der Waals surface area contributed by atoms with E-state index in [1.165, 1.54) is 22.4 Å². The molecule has 29 heavy (non-hydrogen) atoms. The second kappa shape index (κ2) is 8.44. The van der Waals surface area contributed by atoms with E-state index in [1.54, 1.807) is 7.11 Å². The van der Waals surface area contributed by atoms with Gasteiger partial charge in [0, 0.05) is 35.6 Å². The van der Waals surface area contributed by atoms with Crippen LogP contribution in [-0.4, -0.2) is 25.4 Å². The van der Waals surface area contributed by atoms with Crippen LogP contribution in [0.5, 0.6) is 5.75 Å². The lowest BCUT2D eigenvalue weighted by molar-refractivity contribution is 0.413. The SMILES string of the molecule is CCC(C)c1ccc(N=Cc2cc3c(cc2OC)N(CC)C(C)(C)C=C3C)cc1. The summed E-state index contributed by atoms with van der Waals surface area (Å²) in [5.41, 5.74) is 7.08. The van der Waals surface area contributed by atoms with Gasteiger partial charge in [-0.3, -0.25) is 4.99 Å². The number of hydrogen-bond donors (Lipinski definition) is 0. The first kappa shape index (κ1) is 21.2. The van der Waals surface area contributed by atoms with Gasteiger partial charge in [0.05, 0.1) is 18.3 Å². The van der Waals surface area contributed by atoms with Crippen molar-refractivity contribution in [1.82, 2.24) is 0 Å². The Hall–Kier alpha value is -2.55. The van der Waals surface area contributed by atoms with Crippen molar-refractivity contribution in [3.05, 3.63) is 59.2 Å². The summed E-state index contributed by atoms with van der Waals surface area (Å²) < 4.78 is 5.72. The second-order valence-electron chi connectivity index (χ2n) is 8.50. The van der Waals surface area contributed by atoms with Crippen LogP contribution in [0.4, 0.5) is 11.4 Å². The highest BCUT2D eigenvalue weighted by molar-refractivity contribution is 5.92. The van der Waals surface area contributed by atoms with E-state index in [0.717, 1.165) is 30.0 Å². The number of anilines is 1. The van der Waals surface area contributed by atoms with E-state index >= 15 is 0 Å². The minimum Gasteiger partial charge on any atom is -0.496 e. The van der Waals surface area contributed by atoms with Crippen molar-refractivity contribution >= 4 is 23.2 Å². The van der Waals surface area contributed by atoms with Crippen LogP contribution in [0, 0.1) is 0 Å². The monoisotopic (exact) mass is 390 g/mol. The van der Waals surface area contributed by atoms with E-state index in [-0.39, 0.29) is 5.54 Å². The molecule has 2 aromatic carbocycles. The number of methoxy groups -OCH3 is 1. The standard InChI is InChI=1S/C26H34N2O/c1-8-18(3)20-10-12-22(13-11-20)27-17-21-14-23-19(4)16-26(5,6)28(9-2)24(23)15-25(21)29-7/h10-18H,8-9H2,1-7H3. The predicted molar refractivity (Wildman–Crippen MR) is 126 cm³/mol. The molecule has 154 valence electrons. The maximum Gasteiger partial charge on any atom is 0.129 e. The minimum absolute atomic E-state index is 0.0101. The van der Waals surface area contributed by atoms with Gasteiger partial charge in [0.25, 0.3) is 0 Å². The number of rotatable bonds is 6. The topological polar surface area (TPSA) is 24.8 Å². The first-order chi connectivity index (χ1) is 13.8. The molecule has 3 rings (SSSR count). The van der Waals surface area contributed by atoms with Crippen molar-refractivity contribution in [2.24, 2.45) is 4.99 Å². The van der Waals surface area contributed by atoms with Gasteiger partial charge in [-0.05, 0) is 69.4 Å². The molecule has 1 unspecified atom stereocenters. The summed E-state index contributed by atoms with van der Waals surface area (Å²) in [5, 5.41) is 0. The van der Waals surface area contributed by atoms with Gasteiger partial charge in [0.15, 0.2) is 0 Å². The smallest absolute Gasteiger partial charge is 0.129 e. The Balaban J connectivity index is 1.97. The van der Waals surface area contributed by atoms with Crippen molar-refractivity contribution in [3.8, 4) is 5.75 Å². The van der Waals surface area contributed by atoms with Gasteiger partial charge in [-0.25, -0.2) is 0 Å². The van der Waals surface area contributed by atoms with Crippen LogP contribution >= 0.6 is 0 Å². The molecule has 0 spiro atoms. The molecule has 0 radical (unpaired) electrons. The fourth-order valence-corrected chi connectivity index (χ4v) is 4.25. The summed E-state index contributed by atoms with van der Waals surface area (Å²) in [6.07, 6.45) is 5.41. The van der Waals surface area contributed by atoms with Crippen molar-refractivity contribution < 1.29 is 4.74 Å². The quantitative estimate of drug-likeness (QED) is 0.497. The third-order valence-electron chi connectivity index (χ3n) is 6.07. The van der Waals surface area contributed by atoms with Gasteiger partial charge in [-0.2, -0.15) is 0 Å². The van der Waals surface area contributed by atoms with Crippen LogP contribution < -0.4 is 9.64 Å². The molecule has 0 aromatic heterocycles. The van der Waals surface area contributed by atoms with Crippen molar-refractivity contribution in [3.63, 3.8) is 0 Å². The molecule has 1 heterocycles. The summed E-state index contributed by atoms with van der Waals surface area (Å²) in [6, 6.07) is 12.9. The molecule has 0 bridgehead atoms. The highest BCUT2D eigenvalue weighted by Gasteiger charge is 2.31. The molecule has 3 heteroatoms. The number of fused-ring (bicyclic) bond motifs is 1. The first-order valence-electron chi connectivity index (χ1n) is 10.6. The Morgan fingerprint density at radius 3 is 2.41 bits per heavy atom. The highest BCUT2D eigenvalue weighted by atomic mass is 16.5. The molecule has 0 N–H and O–H groups in total. The van der Waals surface area contributed by atoms with Gasteiger partial charge in [-0.1, -0.05) is 32.1 Å². The van der Waals surface area contributed by atoms with Gasteiger partial charge in [0.2, 0.25) is 0 Å². The van der Waals surface area contributed by atoms with Crippen LogP contribution in [0.3, 0.4) is 0 Å². The normalized spacial score (nSPS) is 16.5. The maximum absolute atomic E-state index is 5.72. The molecule has 1 aliphatic heterocycles. The van der Waals surface area contributed by atoms with E-state index < -0.39 is 0 Å². The lowest BCUT2D eigenvalue weighted by atomic mass is 9.88. The predicted octanol–water partition coefficient (Wildman–Crippen LogP) is 6.98. The molecule has 0 saturated carbocycles. The zero-order chi connectivity index (χ0) is 21.2. The Labute approximate surface area is 176 Å². The van der Waals surface area contributed by atoms with E-state index in [4.69, 9.17) is 9.73 Å². The molecule has 3 nitrogen and oxygen atoms in total. The Kier molecular flexibility index (Phi) is 6.16. The van der Waals surface area contributed by atoms with E-state index in [0.29, 0.717) is 5.92 Å². The van der Waals surface area contributed by atoms with Crippen LogP contribution in [-0.2, 0) is 0 Å². The number of ether oxygens (including phenoxy) is 1. The molecule has 1 aliphatic rings. The lowest BCUT2D eigenvalue weighted by Gasteiger charge is -2.43. The average Bonchev–Trinajstić information content (AvgIpc) is 2.71. The fraction of sp³-hybridized carbons (Fsp3) is 0.423. The van der Waals surface area contributed by atoms with Crippen molar-refractivity contribution in [2.45, 2.75) is 59.4 Å². The zero-order valence-electron chi connectivity index (χ0n) is 18.9. The molecule has 0 amide bonds. The highest BCUT2D eigenvalue weighted by Crippen LogP contribution is 2.41. The lowest BCUT2D eigenvalue weighted by Crippen LogP contribution is -2.44.